The van der Waals surface area contributed by atoms with Crippen molar-refractivity contribution in [1.82, 2.24) is 4.90 Å². The zero-order chi connectivity index (χ0) is 17.9. The number of nitrogens with zero attached hydrogens (tertiary/aromatic N) is 2. The third kappa shape index (κ3) is 4.02. The summed E-state index contributed by atoms with van der Waals surface area (Å²) in [4.78, 5) is 14.7. The number of hydrogen-bond donors (Lipinski definition) is 1. The van der Waals surface area contributed by atoms with Crippen molar-refractivity contribution in [2.24, 2.45) is 17.1 Å². The van der Waals surface area contributed by atoms with Crippen molar-refractivity contribution in [3.05, 3.63) is 35.4 Å². The summed E-state index contributed by atoms with van der Waals surface area (Å²) < 4.78 is 0. The highest BCUT2D eigenvalue weighted by molar-refractivity contribution is 7.99. The maximum atomic E-state index is 12.8. The molecule has 2 unspecified atom stereocenters. The molecule has 2 atom stereocenters. The van der Waals surface area contributed by atoms with Crippen LogP contribution in [0.4, 0.5) is 0 Å². The van der Waals surface area contributed by atoms with Crippen LogP contribution in [0, 0.1) is 29.6 Å². The van der Waals surface area contributed by atoms with E-state index < -0.39 is 11.5 Å². The first-order valence-corrected chi connectivity index (χ1v) is 10.3. The molecule has 0 spiro atoms. The minimum absolute atomic E-state index is 0.0298. The number of hydrogen-bond acceptors (Lipinski definition) is 4. The third-order valence-corrected chi connectivity index (χ3v) is 6.92. The van der Waals surface area contributed by atoms with E-state index in [9.17, 15) is 10.1 Å². The summed E-state index contributed by atoms with van der Waals surface area (Å²) in [6.45, 7) is 3.63. The van der Waals surface area contributed by atoms with E-state index in [1.54, 1.807) is 11.8 Å². The second-order valence-corrected chi connectivity index (χ2v) is 8.61. The number of benzene rings is 1. The minimum Gasteiger partial charge on any atom is -0.341 e. The summed E-state index contributed by atoms with van der Waals surface area (Å²) in [7, 11) is 0. The van der Waals surface area contributed by atoms with Gasteiger partial charge in [0.05, 0.1) is 11.5 Å². The van der Waals surface area contributed by atoms with Gasteiger partial charge in [0.15, 0.2) is 0 Å². The standard InChI is InChI=1S/C20H27N3OS/c1-15-2-4-16(5-3-15)12-17-6-9-23(10-7-17)19(24)18(22)20(13-21)8-11-25-14-20/h2-5,17-18H,6-12,14,22H2,1H3. The predicted octanol–water partition coefficient (Wildman–Crippen LogP) is 2.75. The lowest BCUT2D eigenvalue weighted by Crippen LogP contribution is -2.54. The Morgan fingerprint density at radius 2 is 2.08 bits per heavy atom. The highest BCUT2D eigenvalue weighted by Gasteiger charge is 2.45. The number of thioether (sulfide) groups is 1. The fraction of sp³-hybridized carbons (Fsp3) is 0.600. The van der Waals surface area contributed by atoms with E-state index in [4.69, 9.17) is 5.73 Å². The Bertz CT molecular complexity index is 638. The molecule has 0 bridgehead atoms. The van der Waals surface area contributed by atoms with E-state index >= 15 is 0 Å². The van der Waals surface area contributed by atoms with E-state index in [2.05, 4.69) is 37.3 Å². The van der Waals surface area contributed by atoms with E-state index in [1.807, 2.05) is 4.90 Å². The van der Waals surface area contributed by atoms with Gasteiger partial charge in [0.1, 0.15) is 6.04 Å². The lowest BCUT2D eigenvalue weighted by molar-refractivity contribution is -0.136. The van der Waals surface area contributed by atoms with Gasteiger partial charge in [-0.1, -0.05) is 29.8 Å². The molecule has 2 fully saturated rings. The van der Waals surface area contributed by atoms with Crippen LogP contribution in [0.1, 0.15) is 30.4 Å². The average Bonchev–Trinajstić information content (AvgIpc) is 3.13. The van der Waals surface area contributed by atoms with Crippen molar-refractivity contribution in [2.45, 2.75) is 38.6 Å². The normalized spacial score (nSPS) is 25.6. The number of amides is 1. The van der Waals surface area contributed by atoms with Gasteiger partial charge in [-0.15, -0.1) is 0 Å². The molecule has 0 saturated carbocycles. The molecule has 1 amide bonds. The van der Waals surface area contributed by atoms with Gasteiger partial charge < -0.3 is 10.6 Å². The number of carbonyl (C=O) groups excluding carboxylic acids is 1. The first kappa shape index (κ1) is 18.3. The topological polar surface area (TPSA) is 70.1 Å². The molecular formula is C20H27N3OS. The molecule has 4 nitrogen and oxygen atoms in total. The predicted molar refractivity (Wildman–Crippen MR) is 102 cm³/mol. The molecule has 2 N–H and O–H groups in total. The summed E-state index contributed by atoms with van der Waals surface area (Å²) in [6, 6.07) is 10.4. The zero-order valence-corrected chi connectivity index (χ0v) is 15.7. The molecule has 1 aromatic carbocycles. The molecule has 0 aliphatic carbocycles. The summed E-state index contributed by atoms with van der Waals surface area (Å²) in [5, 5.41) is 9.55. The Hall–Kier alpha value is -1.51. The van der Waals surface area contributed by atoms with Gasteiger partial charge >= 0.3 is 0 Å². The monoisotopic (exact) mass is 357 g/mol. The molecule has 2 aliphatic heterocycles. The van der Waals surface area contributed by atoms with E-state index in [0.717, 1.165) is 44.5 Å². The highest BCUT2D eigenvalue weighted by Crippen LogP contribution is 2.38. The van der Waals surface area contributed by atoms with Crippen LogP contribution in [0.3, 0.4) is 0 Å². The average molecular weight is 358 g/mol. The van der Waals surface area contributed by atoms with Crippen molar-refractivity contribution in [3.63, 3.8) is 0 Å². The quantitative estimate of drug-likeness (QED) is 0.899. The van der Waals surface area contributed by atoms with Crippen molar-refractivity contribution >= 4 is 17.7 Å². The summed E-state index contributed by atoms with van der Waals surface area (Å²) in [5.74, 6) is 2.20. The van der Waals surface area contributed by atoms with Crippen LogP contribution in [-0.4, -0.2) is 41.4 Å². The van der Waals surface area contributed by atoms with E-state index in [-0.39, 0.29) is 5.91 Å². The Kier molecular flexibility index (Phi) is 5.71. The maximum absolute atomic E-state index is 12.8. The van der Waals surface area contributed by atoms with Gasteiger partial charge in [0.25, 0.3) is 0 Å². The number of nitrogens with two attached hydrogens (primary N) is 1. The van der Waals surface area contributed by atoms with Gasteiger partial charge in [-0.2, -0.15) is 17.0 Å². The molecule has 5 heteroatoms. The van der Waals surface area contributed by atoms with Crippen LogP contribution >= 0.6 is 11.8 Å². The summed E-state index contributed by atoms with van der Waals surface area (Å²) in [5.41, 5.74) is 8.24. The van der Waals surface area contributed by atoms with Crippen molar-refractivity contribution in [2.75, 3.05) is 24.6 Å². The summed E-state index contributed by atoms with van der Waals surface area (Å²) in [6.07, 6.45) is 3.83. The van der Waals surface area contributed by atoms with Crippen LogP contribution in [0.15, 0.2) is 24.3 Å². The lowest BCUT2D eigenvalue weighted by atomic mass is 9.80. The molecule has 2 heterocycles. The Labute approximate surface area is 154 Å². The Balaban J connectivity index is 1.54. The Morgan fingerprint density at radius 3 is 2.64 bits per heavy atom. The summed E-state index contributed by atoms with van der Waals surface area (Å²) >= 11 is 1.73. The molecule has 2 saturated heterocycles. The van der Waals surface area contributed by atoms with Crippen LogP contribution in [0.25, 0.3) is 0 Å². The van der Waals surface area contributed by atoms with Gasteiger partial charge in [-0.3, -0.25) is 4.79 Å². The number of aryl methyl sites for hydroxylation is 1. The molecule has 1 aromatic rings. The first-order valence-electron chi connectivity index (χ1n) is 9.13. The number of rotatable bonds is 4. The molecule has 3 rings (SSSR count). The molecule has 0 aromatic heterocycles. The number of nitriles is 1. The van der Waals surface area contributed by atoms with Crippen LogP contribution < -0.4 is 5.73 Å². The van der Waals surface area contributed by atoms with Crippen LogP contribution in [0.2, 0.25) is 0 Å². The van der Waals surface area contributed by atoms with Gasteiger partial charge in [0, 0.05) is 18.8 Å². The molecular weight excluding hydrogens is 330 g/mol. The Morgan fingerprint density at radius 1 is 1.40 bits per heavy atom. The third-order valence-electron chi connectivity index (χ3n) is 5.71. The van der Waals surface area contributed by atoms with E-state index in [0.29, 0.717) is 11.7 Å². The fourth-order valence-electron chi connectivity index (χ4n) is 3.83. The molecule has 2 aliphatic rings. The SMILES string of the molecule is Cc1ccc(CC2CCN(C(=O)C(N)C3(C#N)CCSC3)CC2)cc1. The fourth-order valence-corrected chi connectivity index (χ4v) is 5.24. The van der Waals surface area contributed by atoms with Crippen molar-refractivity contribution < 1.29 is 4.79 Å². The number of likely N-dealkylation sites (tertiary alicyclic amines) is 1. The highest BCUT2D eigenvalue weighted by atomic mass is 32.2. The molecule has 0 radical (unpaired) electrons. The second kappa shape index (κ2) is 7.80. The second-order valence-electron chi connectivity index (χ2n) is 7.51. The van der Waals surface area contributed by atoms with Crippen LogP contribution in [0.5, 0.6) is 0 Å². The maximum Gasteiger partial charge on any atom is 0.241 e. The van der Waals surface area contributed by atoms with Crippen molar-refractivity contribution in [3.8, 4) is 6.07 Å². The van der Waals surface area contributed by atoms with Gasteiger partial charge in [-0.05, 0) is 49.8 Å². The minimum atomic E-state index is -0.679. The first-order chi connectivity index (χ1) is 12.0. The number of piperidine rings is 1. The van der Waals surface area contributed by atoms with Crippen molar-refractivity contribution in [1.29, 1.82) is 5.26 Å². The zero-order valence-electron chi connectivity index (χ0n) is 14.9. The van der Waals surface area contributed by atoms with Crippen LogP contribution in [-0.2, 0) is 11.2 Å². The smallest absolute Gasteiger partial charge is 0.241 e. The van der Waals surface area contributed by atoms with E-state index in [1.165, 1.54) is 11.1 Å². The molecule has 25 heavy (non-hydrogen) atoms. The van der Waals surface area contributed by atoms with Gasteiger partial charge in [-0.25, -0.2) is 0 Å². The number of carbonyl (C=O) groups is 1. The molecule has 134 valence electrons. The lowest BCUT2D eigenvalue weighted by Gasteiger charge is -2.36. The largest absolute Gasteiger partial charge is 0.341 e. The van der Waals surface area contributed by atoms with Gasteiger partial charge in [0.2, 0.25) is 5.91 Å².